The molecule has 1 aliphatic heterocycles. The van der Waals surface area contributed by atoms with E-state index in [1.807, 2.05) is 0 Å². The zero-order chi connectivity index (χ0) is 24.2. The third kappa shape index (κ3) is 10.1. The molecule has 0 aliphatic carbocycles. The van der Waals surface area contributed by atoms with Crippen LogP contribution in [0.4, 0.5) is 11.4 Å². The van der Waals surface area contributed by atoms with Gasteiger partial charge in [-0.25, -0.2) is 0 Å². The number of ether oxygens (including phenoxy) is 1. The normalized spacial score (nSPS) is 17.9. The molecular weight excluding hydrogens is 441 g/mol. The molecule has 0 aromatic heterocycles. The summed E-state index contributed by atoms with van der Waals surface area (Å²) >= 11 is 0. The molecule has 1 saturated heterocycles. The van der Waals surface area contributed by atoms with Gasteiger partial charge in [0.1, 0.15) is 0 Å². The summed E-state index contributed by atoms with van der Waals surface area (Å²) in [5, 5.41) is 0. The first-order chi connectivity index (χ1) is 14.6. The van der Waals surface area contributed by atoms with Crippen molar-refractivity contribution in [3.05, 3.63) is 23.3 Å². The maximum absolute atomic E-state index is 6.74. The molecule has 1 heterocycles. The first-order valence-corrected chi connectivity index (χ1v) is 24.0. The number of anilines is 2. The number of rotatable bonds is 12. The minimum atomic E-state index is -1.10. The summed E-state index contributed by atoms with van der Waals surface area (Å²) in [4.78, 5) is 2.55. The highest BCUT2D eigenvalue weighted by Crippen LogP contribution is 2.32. The van der Waals surface area contributed by atoms with E-state index in [0.717, 1.165) is 44.6 Å². The van der Waals surface area contributed by atoms with Gasteiger partial charge in [-0.3, -0.25) is 0 Å². The van der Waals surface area contributed by atoms with E-state index in [0.29, 0.717) is 6.10 Å². The third-order valence-electron chi connectivity index (χ3n) is 6.56. The molecule has 1 unspecified atom stereocenters. The Bertz CT molecular complexity index is 693. The SMILES string of the molecule is C[Si](C)(C)CCCOC1CCN(c2cc(CC[Si](C)(C)C)c(N)c(CC[Si](C)(C)C)c2)C1. The lowest BCUT2D eigenvalue weighted by molar-refractivity contribution is 0.0686. The number of aryl methyl sites for hydroxylation is 2. The number of benzene rings is 1. The molecule has 1 aliphatic rings. The zero-order valence-corrected chi connectivity index (χ0v) is 25.7. The van der Waals surface area contributed by atoms with Crippen LogP contribution in [-0.4, -0.2) is 50.0 Å². The summed E-state index contributed by atoms with van der Waals surface area (Å²) in [6, 6.07) is 8.78. The largest absolute Gasteiger partial charge is 0.398 e. The van der Waals surface area contributed by atoms with Crippen LogP contribution in [0.5, 0.6) is 0 Å². The summed E-state index contributed by atoms with van der Waals surface area (Å²) in [7, 11) is -3.16. The minimum absolute atomic E-state index is 0.380. The van der Waals surface area contributed by atoms with Crippen molar-refractivity contribution in [2.24, 2.45) is 0 Å². The van der Waals surface area contributed by atoms with E-state index in [1.54, 1.807) is 0 Å². The van der Waals surface area contributed by atoms with Crippen molar-refractivity contribution in [3.63, 3.8) is 0 Å². The molecule has 3 nitrogen and oxygen atoms in total. The number of nitrogens with two attached hydrogens (primary N) is 1. The van der Waals surface area contributed by atoms with E-state index in [9.17, 15) is 0 Å². The predicted octanol–water partition coefficient (Wildman–Crippen LogP) is 7.35. The van der Waals surface area contributed by atoms with Crippen LogP contribution >= 0.6 is 0 Å². The lowest BCUT2D eigenvalue weighted by atomic mass is 10.0. The van der Waals surface area contributed by atoms with Gasteiger partial charge in [0.05, 0.1) is 6.10 Å². The van der Waals surface area contributed by atoms with Gasteiger partial charge < -0.3 is 15.4 Å². The summed E-state index contributed by atoms with van der Waals surface area (Å²) in [5.41, 5.74) is 12.0. The highest BCUT2D eigenvalue weighted by molar-refractivity contribution is 6.76. The van der Waals surface area contributed by atoms with Crippen LogP contribution in [0.25, 0.3) is 0 Å². The van der Waals surface area contributed by atoms with Crippen molar-refractivity contribution in [3.8, 4) is 0 Å². The molecule has 1 aromatic carbocycles. The summed E-state index contributed by atoms with van der Waals surface area (Å²) < 4.78 is 6.29. The van der Waals surface area contributed by atoms with Gasteiger partial charge in [-0.15, -0.1) is 0 Å². The fraction of sp³-hybridized carbons (Fsp3) is 0.769. The van der Waals surface area contributed by atoms with Crippen LogP contribution in [-0.2, 0) is 17.6 Å². The van der Waals surface area contributed by atoms with Crippen LogP contribution in [0.3, 0.4) is 0 Å². The van der Waals surface area contributed by atoms with Gasteiger partial charge in [-0.2, -0.15) is 0 Å². The number of hydrogen-bond acceptors (Lipinski definition) is 3. The van der Waals surface area contributed by atoms with Crippen molar-refractivity contribution >= 4 is 35.6 Å². The first kappa shape index (κ1) is 27.7. The van der Waals surface area contributed by atoms with Crippen LogP contribution in [0.15, 0.2) is 12.1 Å². The molecule has 0 saturated carbocycles. The van der Waals surface area contributed by atoms with Gasteiger partial charge >= 0.3 is 0 Å². The monoisotopic (exact) mass is 492 g/mol. The summed E-state index contributed by atoms with van der Waals surface area (Å²) in [6.07, 6.45) is 4.99. The Morgan fingerprint density at radius 2 is 1.34 bits per heavy atom. The molecule has 0 amide bonds. The highest BCUT2D eigenvalue weighted by Gasteiger charge is 2.25. The predicted molar refractivity (Wildman–Crippen MR) is 154 cm³/mol. The average Bonchev–Trinajstić information content (AvgIpc) is 3.10. The number of nitrogens with zero attached hydrogens (tertiary/aromatic N) is 1. The Morgan fingerprint density at radius 3 is 1.81 bits per heavy atom. The van der Waals surface area contributed by atoms with Crippen molar-refractivity contribution in [2.45, 2.75) is 109 Å². The Hall–Kier alpha value is -0.569. The maximum atomic E-state index is 6.74. The molecule has 0 bridgehead atoms. The van der Waals surface area contributed by atoms with E-state index < -0.39 is 24.2 Å². The standard InChI is InChI=1S/C26H52N2OSi3/c1-30(2,3)16-10-15-29-25-11-14-28(21-25)24-19-22(12-17-31(4,5)6)26(27)23(20-24)13-18-32(7,8)9/h19-20,25H,10-18,21,27H2,1-9H3. The summed E-state index contributed by atoms with van der Waals surface area (Å²) in [6.45, 7) is 25.2. The second kappa shape index (κ2) is 11.2. The molecule has 6 heteroatoms. The Balaban J connectivity index is 2.10. The van der Waals surface area contributed by atoms with Crippen LogP contribution in [0, 0.1) is 0 Å². The topological polar surface area (TPSA) is 38.5 Å². The van der Waals surface area contributed by atoms with Crippen molar-refractivity contribution in [1.29, 1.82) is 0 Å². The maximum Gasteiger partial charge on any atom is 0.0766 e. The van der Waals surface area contributed by atoms with Gasteiger partial charge in [0.25, 0.3) is 0 Å². The molecule has 0 spiro atoms. The third-order valence-corrected chi connectivity index (χ3v) is 11.9. The highest BCUT2D eigenvalue weighted by atomic mass is 28.3. The Morgan fingerprint density at radius 1 is 0.844 bits per heavy atom. The quantitative estimate of drug-likeness (QED) is 0.188. The molecule has 0 radical (unpaired) electrons. The van der Waals surface area contributed by atoms with Crippen molar-refractivity contribution < 1.29 is 4.74 Å². The molecule has 1 aromatic rings. The molecule has 32 heavy (non-hydrogen) atoms. The average molecular weight is 493 g/mol. The summed E-state index contributed by atoms with van der Waals surface area (Å²) in [5.74, 6) is 0. The van der Waals surface area contributed by atoms with Gasteiger partial charge in [0, 0.05) is 55.3 Å². The van der Waals surface area contributed by atoms with E-state index >= 15 is 0 Å². The fourth-order valence-corrected chi connectivity index (χ4v) is 7.57. The van der Waals surface area contributed by atoms with Gasteiger partial charge in [-0.1, -0.05) is 77.1 Å². The van der Waals surface area contributed by atoms with Crippen LogP contribution in [0.1, 0.15) is 24.0 Å². The van der Waals surface area contributed by atoms with Crippen molar-refractivity contribution in [1.82, 2.24) is 0 Å². The zero-order valence-electron chi connectivity index (χ0n) is 22.7. The molecule has 2 rings (SSSR count). The molecule has 2 N–H and O–H groups in total. The molecule has 1 fully saturated rings. The van der Waals surface area contributed by atoms with Crippen LogP contribution in [0.2, 0.25) is 77.1 Å². The lowest BCUT2D eigenvalue weighted by Gasteiger charge is -2.25. The minimum Gasteiger partial charge on any atom is -0.398 e. The smallest absolute Gasteiger partial charge is 0.0766 e. The Labute approximate surface area is 202 Å². The lowest BCUT2D eigenvalue weighted by Crippen LogP contribution is -2.25. The number of hydrogen-bond donors (Lipinski definition) is 1. The van der Waals surface area contributed by atoms with E-state index in [1.165, 1.54) is 41.4 Å². The molecule has 184 valence electrons. The Kier molecular flexibility index (Phi) is 9.72. The van der Waals surface area contributed by atoms with Gasteiger partial charge in [0.2, 0.25) is 0 Å². The second-order valence-electron chi connectivity index (χ2n) is 13.7. The van der Waals surface area contributed by atoms with Crippen LogP contribution < -0.4 is 10.6 Å². The number of nitrogen functional groups attached to an aromatic ring is 1. The molecular formula is C26H52N2OSi3. The second-order valence-corrected chi connectivity index (χ2v) is 30.6. The van der Waals surface area contributed by atoms with E-state index in [-0.39, 0.29) is 0 Å². The van der Waals surface area contributed by atoms with Gasteiger partial charge in [-0.05, 0) is 48.9 Å². The van der Waals surface area contributed by atoms with Gasteiger partial charge in [0.15, 0.2) is 0 Å². The van der Waals surface area contributed by atoms with E-state index in [4.69, 9.17) is 10.5 Å². The first-order valence-electron chi connectivity index (χ1n) is 12.9. The molecule has 1 atom stereocenters. The van der Waals surface area contributed by atoms with Crippen molar-refractivity contribution in [2.75, 3.05) is 30.3 Å². The van der Waals surface area contributed by atoms with E-state index in [2.05, 4.69) is 76.0 Å². The fourth-order valence-electron chi connectivity index (χ4n) is 4.33.